The van der Waals surface area contributed by atoms with E-state index in [1.807, 2.05) is 0 Å². The van der Waals surface area contributed by atoms with Gasteiger partial charge in [-0.3, -0.25) is 0 Å². The number of hydrogen-bond donors (Lipinski definition) is 2. The van der Waals surface area contributed by atoms with E-state index in [1.165, 1.54) is 18.2 Å². The van der Waals surface area contributed by atoms with Crippen molar-refractivity contribution >= 4 is 24.0 Å². The number of carbonyl (C=O) groups is 3. The molecule has 0 aromatic heterocycles. The zero-order valence-corrected chi connectivity index (χ0v) is 15.0. The largest absolute Gasteiger partial charge is 0.489 e. The molecule has 0 saturated heterocycles. The van der Waals surface area contributed by atoms with Crippen LogP contribution >= 0.6 is 0 Å². The van der Waals surface area contributed by atoms with Crippen molar-refractivity contribution in [2.24, 2.45) is 0 Å². The quantitative estimate of drug-likeness (QED) is 0.722. The monoisotopic (exact) mass is 352 g/mol. The number of carboxylic acid groups (broad SMARTS) is 1. The molecule has 0 unspecified atom stereocenters. The van der Waals surface area contributed by atoms with Gasteiger partial charge in [0.05, 0.1) is 11.3 Å². The summed E-state index contributed by atoms with van der Waals surface area (Å²) in [5.41, 5.74) is -0.0139. The van der Waals surface area contributed by atoms with E-state index < -0.39 is 23.7 Å². The Labute approximate surface area is 146 Å². The lowest BCUT2D eigenvalue weighted by Gasteiger charge is -2.22. The highest BCUT2D eigenvalue weighted by molar-refractivity contribution is 5.89. The second-order valence-electron chi connectivity index (χ2n) is 6.58. The maximum atomic E-state index is 11.7. The first-order valence-corrected chi connectivity index (χ1v) is 7.65. The molecule has 2 N–H and O–H groups in total. The minimum absolute atomic E-state index is 0.115. The summed E-state index contributed by atoms with van der Waals surface area (Å²) in [6.45, 7) is 5.03. The number of benzene rings is 1. The van der Waals surface area contributed by atoms with E-state index in [9.17, 15) is 14.4 Å². The second kappa shape index (κ2) is 8.36. The number of anilines is 1. The molecular weight excluding hydrogens is 328 g/mol. The summed E-state index contributed by atoms with van der Waals surface area (Å²) in [6, 6.07) is 3.48. The minimum atomic E-state index is -1.05. The van der Waals surface area contributed by atoms with Gasteiger partial charge in [-0.1, -0.05) is 0 Å². The Morgan fingerprint density at radius 3 is 2.44 bits per heavy atom. The molecule has 0 fully saturated rings. The molecule has 8 heteroatoms. The van der Waals surface area contributed by atoms with Crippen LogP contribution in [0.1, 0.15) is 31.1 Å². The summed E-state index contributed by atoms with van der Waals surface area (Å²) in [5, 5.41) is 11.5. The van der Waals surface area contributed by atoms with Crippen LogP contribution in [-0.2, 0) is 9.53 Å². The third-order valence-corrected chi connectivity index (χ3v) is 2.97. The average Bonchev–Trinajstić information content (AvgIpc) is 2.49. The molecule has 1 aromatic rings. The first kappa shape index (κ1) is 20.3. The van der Waals surface area contributed by atoms with Gasteiger partial charge in [-0.15, -0.1) is 0 Å². The van der Waals surface area contributed by atoms with Crippen LogP contribution < -0.4 is 15.0 Å². The Morgan fingerprint density at radius 1 is 1.32 bits per heavy atom. The van der Waals surface area contributed by atoms with Gasteiger partial charge in [-0.2, -0.15) is 0 Å². The topological polar surface area (TPSA) is 105 Å². The number of nitrogens with one attached hydrogen (secondary N) is 1. The first-order valence-electron chi connectivity index (χ1n) is 7.65. The fraction of sp³-hybridized carbons (Fsp3) is 0.471. The number of alkyl carbamates (subject to hydrolysis) is 1. The highest BCUT2D eigenvalue weighted by Crippen LogP contribution is 2.28. The van der Waals surface area contributed by atoms with Gasteiger partial charge >= 0.3 is 12.1 Å². The average molecular weight is 352 g/mol. The molecule has 25 heavy (non-hydrogen) atoms. The van der Waals surface area contributed by atoms with Crippen LogP contribution in [0.4, 0.5) is 10.5 Å². The Balaban J connectivity index is 2.79. The molecule has 0 aliphatic heterocycles. The number of nitrogens with zero attached hydrogens (tertiary/aromatic N) is 1. The fourth-order valence-electron chi connectivity index (χ4n) is 1.88. The lowest BCUT2D eigenvalue weighted by atomic mass is 10.2. The fourth-order valence-corrected chi connectivity index (χ4v) is 1.88. The number of carboxylic acids is 1. The molecule has 138 valence electrons. The van der Waals surface area contributed by atoms with Crippen LogP contribution in [0.2, 0.25) is 0 Å². The van der Waals surface area contributed by atoms with Crippen LogP contribution in [0.15, 0.2) is 18.2 Å². The third-order valence-electron chi connectivity index (χ3n) is 2.97. The number of amides is 1. The summed E-state index contributed by atoms with van der Waals surface area (Å²) in [7, 11) is 3.48. The van der Waals surface area contributed by atoms with E-state index in [-0.39, 0.29) is 12.2 Å². The van der Waals surface area contributed by atoms with Crippen molar-refractivity contribution in [2.75, 3.05) is 25.6 Å². The van der Waals surface area contributed by atoms with Crippen molar-refractivity contribution in [1.82, 2.24) is 5.32 Å². The van der Waals surface area contributed by atoms with Gasteiger partial charge < -0.3 is 29.6 Å². The van der Waals surface area contributed by atoms with Crippen LogP contribution in [0, 0.1) is 0 Å². The molecule has 8 nitrogen and oxygen atoms in total. The molecule has 1 atom stereocenters. The Kier molecular flexibility index (Phi) is 6.78. The Bertz CT molecular complexity index is 637. The standard InChI is InChI=1S/C17H24N2O6/c1-17(2,3)25-16(23)18-12(9-20)10-24-14-7-6-11(15(21)22)8-13(14)19(4)5/h6-9,12H,10H2,1-5H3,(H,18,23)(H,21,22)/t12-/m1/s1. The summed E-state index contributed by atoms with van der Waals surface area (Å²) < 4.78 is 10.7. The summed E-state index contributed by atoms with van der Waals surface area (Å²) in [5.74, 6) is -0.653. The van der Waals surface area contributed by atoms with Crippen molar-refractivity contribution < 1.29 is 29.0 Å². The van der Waals surface area contributed by atoms with E-state index in [2.05, 4.69) is 5.32 Å². The normalized spacial score (nSPS) is 12.0. The molecule has 0 spiro atoms. The zero-order valence-electron chi connectivity index (χ0n) is 15.0. The van der Waals surface area contributed by atoms with Gasteiger partial charge in [0.2, 0.25) is 0 Å². The first-order chi connectivity index (χ1) is 11.5. The molecule has 0 saturated carbocycles. The molecule has 1 rings (SSSR count). The number of hydrogen-bond acceptors (Lipinski definition) is 6. The predicted molar refractivity (Wildman–Crippen MR) is 92.4 cm³/mol. The van der Waals surface area contributed by atoms with Crippen LogP contribution in [0.25, 0.3) is 0 Å². The van der Waals surface area contributed by atoms with E-state index in [0.717, 1.165) is 0 Å². The van der Waals surface area contributed by atoms with E-state index in [4.69, 9.17) is 14.6 Å². The number of aldehydes is 1. The minimum Gasteiger partial charge on any atom is -0.489 e. The lowest BCUT2D eigenvalue weighted by Crippen LogP contribution is -2.43. The van der Waals surface area contributed by atoms with E-state index in [0.29, 0.717) is 17.7 Å². The zero-order chi connectivity index (χ0) is 19.2. The van der Waals surface area contributed by atoms with Crippen molar-refractivity contribution in [3.63, 3.8) is 0 Å². The molecule has 0 bridgehead atoms. The van der Waals surface area contributed by atoms with Crippen LogP contribution in [-0.4, -0.2) is 55.8 Å². The maximum absolute atomic E-state index is 11.7. The highest BCUT2D eigenvalue weighted by Gasteiger charge is 2.20. The SMILES string of the molecule is CN(C)c1cc(C(=O)O)ccc1OC[C@@H](C=O)NC(=O)OC(C)(C)C. The maximum Gasteiger partial charge on any atom is 0.408 e. The Hall–Kier alpha value is -2.77. The van der Waals surface area contributed by atoms with E-state index in [1.54, 1.807) is 39.8 Å². The third kappa shape index (κ3) is 6.70. The molecular formula is C17H24N2O6. The summed E-state index contributed by atoms with van der Waals surface area (Å²) in [4.78, 5) is 35.6. The van der Waals surface area contributed by atoms with Crippen molar-refractivity contribution in [2.45, 2.75) is 32.4 Å². The molecule has 0 aliphatic rings. The number of rotatable bonds is 7. The van der Waals surface area contributed by atoms with Gasteiger partial charge in [0.1, 0.15) is 30.3 Å². The van der Waals surface area contributed by atoms with Crippen molar-refractivity contribution in [3.05, 3.63) is 23.8 Å². The molecule has 1 aromatic carbocycles. The lowest BCUT2D eigenvalue weighted by molar-refractivity contribution is -0.110. The smallest absolute Gasteiger partial charge is 0.408 e. The van der Waals surface area contributed by atoms with Gasteiger partial charge in [-0.05, 0) is 39.0 Å². The number of ether oxygens (including phenoxy) is 2. The molecule has 0 heterocycles. The van der Waals surface area contributed by atoms with Crippen molar-refractivity contribution in [3.8, 4) is 5.75 Å². The number of aromatic carboxylic acids is 1. The predicted octanol–water partition coefficient (Wildman–Crippen LogP) is 1.92. The molecule has 0 radical (unpaired) electrons. The molecule has 0 aliphatic carbocycles. The highest BCUT2D eigenvalue weighted by atomic mass is 16.6. The van der Waals surface area contributed by atoms with Crippen LogP contribution in [0.3, 0.4) is 0 Å². The van der Waals surface area contributed by atoms with Crippen LogP contribution in [0.5, 0.6) is 5.75 Å². The van der Waals surface area contributed by atoms with Crippen molar-refractivity contribution in [1.29, 1.82) is 0 Å². The van der Waals surface area contributed by atoms with Gasteiger partial charge in [0.15, 0.2) is 0 Å². The second-order valence-corrected chi connectivity index (χ2v) is 6.58. The number of carbonyl (C=O) groups excluding carboxylic acids is 2. The van der Waals surface area contributed by atoms with Gasteiger partial charge in [-0.25, -0.2) is 9.59 Å². The van der Waals surface area contributed by atoms with Gasteiger partial charge in [0.25, 0.3) is 0 Å². The Morgan fingerprint density at radius 2 is 1.96 bits per heavy atom. The van der Waals surface area contributed by atoms with Gasteiger partial charge in [0, 0.05) is 14.1 Å². The van der Waals surface area contributed by atoms with E-state index >= 15 is 0 Å². The molecule has 1 amide bonds. The summed E-state index contributed by atoms with van der Waals surface area (Å²) in [6.07, 6.45) is -0.174. The summed E-state index contributed by atoms with van der Waals surface area (Å²) >= 11 is 0.